The van der Waals surface area contributed by atoms with Crippen LogP contribution in [0.3, 0.4) is 0 Å². The quantitative estimate of drug-likeness (QED) is 0.318. The summed E-state index contributed by atoms with van der Waals surface area (Å²) >= 11 is 0. The van der Waals surface area contributed by atoms with Gasteiger partial charge < -0.3 is 31.9 Å². The van der Waals surface area contributed by atoms with Crippen LogP contribution in [0.4, 0.5) is 4.39 Å². The molecule has 6 rings (SSSR count). The minimum absolute atomic E-state index is 0.0754. The summed E-state index contributed by atoms with van der Waals surface area (Å²) in [6, 6.07) is 7.66. The highest BCUT2D eigenvalue weighted by Gasteiger charge is 2.40. The van der Waals surface area contributed by atoms with Crippen LogP contribution < -0.4 is 22.1 Å². The van der Waals surface area contributed by atoms with Crippen molar-refractivity contribution in [2.45, 2.75) is 108 Å². The second-order valence-corrected chi connectivity index (χ2v) is 14.0. The van der Waals surface area contributed by atoms with Gasteiger partial charge in [0.2, 0.25) is 5.91 Å². The summed E-state index contributed by atoms with van der Waals surface area (Å²) in [4.78, 5) is 36.5. The molecule has 0 aromatic heterocycles. The Morgan fingerprint density at radius 1 is 1.11 bits per heavy atom. The molecular formula is C34H54FN7O2. The third-order valence-corrected chi connectivity index (χ3v) is 10.7. The molecule has 5 aliphatic rings. The first-order chi connectivity index (χ1) is 21.2. The zero-order valence-electron chi connectivity index (χ0n) is 26.7. The fourth-order valence-electron chi connectivity index (χ4n) is 7.96. The third-order valence-electron chi connectivity index (χ3n) is 10.7. The number of unbranched alkanes of at least 4 members (excludes halogenated alkanes) is 1. The Hall–Kier alpha value is -2.40. The number of nitrogens with two attached hydrogens (primary N) is 2. The van der Waals surface area contributed by atoms with E-state index in [1.54, 1.807) is 0 Å². The average Bonchev–Trinajstić information content (AvgIpc) is 3.35. The Morgan fingerprint density at radius 3 is 2.57 bits per heavy atom. The topological polar surface area (TPSA) is 129 Å². The van der Waals surface area contributed by atoms with Gasteiger partial charge in [0.05, 0.1) is 18.1 Å². The van der Waals surface area contributed by atoms with Gasteiger partial charge in [0.15, 0.2) is 0 Å². The van der Waals surface area contributed by atoms with E-state index in [4.69, 9.17) is 11.5 Å². The van der Waals surface area contributed by atoms with E-state index in [0.717, 1.165) is 88.8 Å². The van der Waals surface area contributed by atoms with Gasteiger partial charge in [-0.15, -0.1) is 0 Å². The maximum absolute atomic E-state index is 14.6. The number of hydrogen-bond acceptors (Lipinski definition) is 7. The molecule has 5 unspecified atom stereocenters. The number of halogens is 1. The van der Waals surface area contributed by atoms with E-state index in [9.17, 15) is 14.0 Å². The normalized spacial score (nSPS) is 34.1. The summed E-state index contributed by atoms with van der Waals surface area (Å²) in [5.74, 6) is -0.804. The predicted molar refractivity (Wildman–Crippen MR) is 173 cm³/mol. The lowest BCUT2D eigenvalue weighted by atomic mass is 9.72. The number of fused-ring (bicyclic) bond motifs is 4. The minimum Gasteiger partial charge on any atom is -0.351 e. The van der Waals surface area contributed by atoms with E-state index < -0.39 is 24.3 Å². The molecule has 6 N–H and O–H groups in total. The highest BCUT2D eigenvalue weighted by Crippen LogP contribution is 2.39. The van der Waals surface area contributed by atoms with Crippen molar-refractivity contribution in [2.24, 2.45) is 27.8 Å². The second kappa shape index (κ2) is 14.8. The van der Waals surface area contributed by atoms with Gasteiger partial charge in [-0.2, -0.15) is 0 Å². The van der Waals surface area contributed by atoms with E-state index in [-0.39, 0.29) is 29.2 Å². The van der Waals surface area contributed by atoms with Crippen molar-refractivity contribution < 1.29 is 14.0 Å². The molecule has 2 amide bonds. The monoisotopic (exact) mass is 611 g/mol. The van der Waals surface area contributed by atoms with Crippen molar-refractivity contribution in [3.63, 3.8) is 0 Å². The lowest BCUT2D eigenvalue weighted by Gasteiger charge is -2.39. The van der Waals surface area contributed by atoms with Gasteiger partial charge in [-0.1, -0.05) is 38.8 Å². The Balaban J connectivity index is 1.29. The predicted octanol–water partition coefficient (Wildman–Crippen LogP) is 3.19. The van der Waals surface area contributed by atoms with E-state index >= 15 is 0 Å². The molecular weight excluding hydrogens is 557 g/mol. The summed E-state index contributed by atoms with van der Waals surface area (Å²) in [6.45, 7) is 9.68. The molecule has 44 heavy (non-hydrogen) atoms. The molecule has 244 valence electrons. The first kappa shape index (κ1) is 33.0. The van der Waals surface area contributed by atoms with Crippen LogP contribution in [0.25, 0.3) is 0 Å². The Bertz CT molecular complexity index is 1140. The maximum Gasteiger partial charge on any atom is 0.254 e. The number of hydrogen-bond donors (Lipinski definition) is 4. The molecule has 0 spiro atoms. The number of rotatable bonds is 9. The fourth-order valence-corrected chi connectivity index (χ4v) is 7.96. The Labute approximate surface area is 262 Å². The van der Waals surface area contributed by atoms with Crippen LogP contribution in [0.15, 0.2) is 29.3 Å². The van der Waals surface area contributed by atoms with Crippen LogP contribution in [0, 0.1) is 11.3 Å². The summed E-state index contributed by atoms with van der Waals surface area (Å²) < 4.78 is 14.6. The van der Waals surface area contributed by atoms with Gasteiger partial charge >= 0.3 is 0 Å². The largest absolute Gasteiger partial charge is 0.351 e. The molecule has 2 bridgehead atoms. The van der Waals surface area contributed by atoms with E-state index in [0.29, 0.717) is 25.4 Å². The molecule has 0 saturated carbocycles. The number of alkyl halides is 1. The van der Waals surface area contributed by atoms with Crippen molar-refractivity contribution in [3.8, 4) is 0 Å². The van der Waals surface area contributed by atoms with Gasteiger partial charge in [-0.3, -0.25) is 14.6 Å². The van der Waals surface area contributed by atoms with Gasteiger partial charge in [0.1, 0.15) is 6.17 Å². The van der Waals surface area contributed by atoms with Gasteiger partial charge in [-0.25, -0.2) is 4.39 Å². The molecule has 6 atom stereocenters. The molecule has 1 aromatic rings. The highest BCUT2D eigenvalue weighted by atomic mass is 19.1. The number of amides is 2. The average molecular weight is 612 g/mol. The molecule has 4 fully saturated rings. The number of nitrogens with one attached hydrogen (secondary N) is 2. The summed E-state index contributed by atoms with van der Waals surface area (Å²) in [5, 5.41) is 6.69. The van der Waals surface area contributed by atoms with Crippen molar-refractivity contribution in [1.29, 1.82) is 0 Å². The SMILES string of the molecule is CCCC[C@]1(C)CCC(F)/C=N\C(C(C(=O)NC2CNCCC2c2ccc(C(=O)N3CCN4CCC3CC4)cc2)C(N)N)C1. The number of benzene rings is 1. The fraction of sp³-hybridized carbons (Fsp3) is 0.735. The molecule has 5 aliphatic heterocycles. The summed E-state index contributed by atoms with van der Waals surface area (Å²) in [6.07, 6.45) is 7.15. The van der Waals surface area contributed by atoms with Crippen LogP contribution in [0.1, 0.15) is 93.5 Å². The summed E-state index contributed by atoms with van der Waals surface area (Å²) in [7, 11) is 0. The molecule has 4 saturated heterocycles. The van der Waals surface area contributed by atoms with Gasteiger partial charge in [0, 0.05) is 62.5 Å². The molecule has 0 aliphatic carbocycles. The van der Waals surface area contributed by atoms with Crippen molar-refractivity contribution in [2.75, 3.05) is 39.3 Å². The first-order valence-corrected chi connectivity index (χ1v) is 17.0. The van der Waals surface area contributed by atoms with Crippen LogP contribution in [0.5, 0.6) is 0 Å². The van der Waals surface area contributed by atoms with E-state index in [1.807, 2.05) is 24.3 Å². The van der Waals surface area contributed by atoms with Crippen LogP contribution in [-0.2, 0) is 4.79 Å². The number of aliphatic imine (C=N–C) groups is 1. The standard InChI is InChI=1S/C34H54FN7O2/c1-3-4-13-34(2)14-9-25(35)21-39-28(20-34)30(31(36)37)32(43)40-29-22-38-15-10-27(29)23-5-7-24(8-6-23)33(44)42-19-18-41-16-11-26(42)12-17-41/h5-8,21,25-31,38H,3-4,9-20,22,36-37H2,1-2H3,(H,40,43)/b39-21-/t25?,27?,28?,29?,30?,34-/m1/s1. The highest BCUT2D eigenvalue weighted by molar-refractivity contribution is 5.94. The van der Waals surface area contributed by atoms with E-state index in [2.05, 4.69) is 39.3 Å². The molecule has 9 nitrogen and oxygen atoms in total. The third kappa shape index (κ3) is 7.87. The minimum atomic E-state index is -1.13. The smallest absolute Gasteiger partial charge is 0.254 e. The van der Waals surface area contributed by atoms with Crippen molar-refractivity contribution >= 4 is 18.0 Å². The Morgan fingerprint density at radius 2 is 1.86 bits per heavy atom. The molecule has 5 heterocycles. The number of carbonyl (C=O) groups is 2. The zero-order valence-corrected chi connectivity index (χ0v) is 26.7. The number of nitrogens with zero attached hydrogens (tertiary/aromatic N) is 3. The van der Waals surface area contributed by atoms with Crippen molar-refractivity contribution in [1.82, 2.24) is 20.4 Å². The maximum atomic E-state index is 14.6. The molecule has 0 radical (unpaired) electrons. The van der Waals surface area contributed by atoms with Crippen molar-refractivity contribution in [3.05, 3.63) is 35.4 Å². The first-order valence-electron chi connectivity index (χ1n) is 17.0. The number of piperidine rings is 2. The van der Waals surface area contributed by atoms with E-state index in [1.165, 1.54) is 6.21 Å². The van der Waals surface area contributed by atoms with Gasteiger partial charge in [-0.05, 0) is 74.6 Å². The lowest BCUT2D eigenvalue weighted by Crippen LogP contribution is -2.57. The van der Waals surface area contributed by atoms with Crippen LogP contribution in [-0.4, -0.2) is 97.6 Å². The Kier molecular flexibility index (Phi) is 11.1. The number of carbonyl (C=O) groups excluding carboxylic acids is 2. The summed E-state index contributed by atoms with van der Waals surface area (Å²) in [5.41, 5.74) is 14.2. The van der Waals surface area contributed by atoms with Crippen LogP contribution >= 0.6 is 0 Å². The molecule has 1 aromatic carbocycles. The zero-order chi connectivity index (χ0) is 31.3. The van der Waals surface area contributed by atoms with Crippen LogP contribution in [0.2, 0.25) is 0 Å². The molecule has 10 heteroatoms. The van der Waals surface area contributed by atoms with Gasteiger partial charge in [0.25, 0.3) is 5.91 Å². The lowest BCUT2D eigenvalue weighted by molar-refractivity contribution is -0.127. The second-order valence-electron chi connectivity index (χ2n) is 14.0.